The molecule has 0 aliphatic heterocycles. The van der Waals surface area contributed by atoms with E-state index in [1.54, 1.807) is 12.1 Å². The van der Waals surface area contributed by atoms with Crippen molar-refractivity contribution in [3.05, 3.63) is 77.9 Å². The number of anilines is 1. The summed E-state index contributed by atoms with van der Waals surface area (Å²) in [6, 6.07) is 21.8. The fraction of sp³-hybridized carbons (Fsp3) is 0.0556. The minimum atomic E-state index is -0.407. The van der Waals surface area contributed by atoms with Gasteiger partial charge in [0.1, 0.15) is 0 Å². The van der Waals surface area contributed by atoms with Crippen LogP contribution in [0, 0.1) is 0 Å². The molecule has 0 radical (unpaired) electrons. The smallest absolute Gasteiger partial charge is 0.248 e. The lowest BCUT2D eigenvalue weighted by molar-refractivity contribution is 0.100. The van der Waals surface area contributed by atoms with Gasteiger partial charge in [0.15, 0.2) is 0 Å². The van der Waals surface area contributed by atoms with Crippen LogP contribution in [0.15, 0.2) is 66.7 Å². The molecule has 3 rings (SSSR count). The van der Waals surface area contributed by atoms with E-state index in [2.05, 4.69) is 35.6 Å². The van der Waals surface area contributed by atoms with Gasteiger partial charge < -0.3 is 11.1 Å². The highest BCUT2D eigenvalue weighted by atomic mass is 16.1. The molecule has 0 saturated carbocycles. The summed E-state index contributed by atoms with van der Waals surface area (Å²) in [5.41, 5.74) is 7.96. The minimum absolute atomic E-state index is 0.407. The van der Waals surface area contributed by atoms with Crippen LogP contribution >= 0.6 is 0 Å². The van der Waals surface area contributed by atoms with Crippen molar-refractivity contribution in [1.82, 2.24) is 0 Å². The van der Waals surface area contributed by atoms with Gasteiger partial charge in [0.2, 0.25) is 5.91 Å². The van der Waals surface area contributed by atoms with E-state index in [0.717, 1.165) is 12.2 Å². The molecule has 3 nitrogen and oxygen atoms in total. The van der Waals surface area contributed by atoms with E-state index in [0.29, 0.717) is 5.56 Å². The largest absolute Gasteiger partial charge is 0.381 e. The molecule has 104 valence electrons. The SMILES string of the molecule is NC(=O)c1ccc(NCc2cccc3ccccc23)cc1. The molecule has 0 spiro atoms. The van der Waals surface area contributed by atoms with E-state index in [1.807, 2.05) is 24.3 Å². The maximum Gasteiger partial charge on any atom is 0.248 e. The number of amides is 1. The van der Waals surface area contributed by atoms with Gasteiger partial charge in [-0.1, -0.05) is 42.5 Å². The summed E-state index contributed by atoms with van der Waals surface area (Å²) in [5.74, 6) is -0.407. The van der Waals surface area contributed by atoms with Gasteiger partial charge in [-0.05, 0) is 40.6 Å². The molecule has 0 fully saturated rings. The van der Waals surface area contributed by atoms with Gasteiger partial charge >= 0.3 is 0 Å². The molecule has 0 aliphatic carbocycles. The first-order valence-corrected chi connectivity index (χ1v) is 6.84. The topological polar surface area (TPSA) is 55.1 Å². The van der Waals surface area contributed by atoms with E-state index in [9.17, 15) is 4.79 Å². The van der Waals surface area contributed by atoms with E-state index in [1.165, 1.54) is 16.3 Å². The Bertz CT molecular complexity index is 773. The second-order valence-electron chi connectivity index (χ2n) is 4.93. The number of primary amides is 1. The highest BCUT2D eigenvalue weighted by Gasteiger charge is 2.02. The first-order chi connectivity index (χ1) is 10.2. The Morgan fingerprint density at radius 1 is 0.905 bits per heavy atom. The number of hydrogen-bond acceptors (Lipinski definition) is 2. The van der Waals surface area contributed by atoms with E-state index >= 15 is 0 Å². The molecule has 0 unspecified atom stereocenters. The quantitative estimate of drug-likeness (QED) is 0.765. The normalized spacial score (nSPS) is 10.5. The van der Waals surface area contributed by atoms with Gasteiger partial charge in [-0.2, -0.15) is 0 Å². The monoisotopic (exact) mass is 276 g/mol. The summed E-state index contributed by atoms with van der Waals surface area (Å²) in [5, 5.41) is 5.86. The van der Waals surface area contributed by atoms with Crippen molar-refractivity contribution in [2.45, 2.75) is 6.54 Å². The van der Waals surface area contributed by atoms with Crippen LogP contribution in [0.5, 0.6) is 0 Å². The Hall–Kier alpha value is -2.81. The molecule has 0 heterocycles. The van der Waals surface area contributed by atoms with Gasteiger partial charge in [-0.15, -0.1) is 0 Å². The van der Waals surface area contributed by atoms with Gasteiger partial charge in [0, 0.05) is 17.8 Å². The van der Waals surface area contributed by atoms with Crippen LogP contribution in [0.4, 0.5) is 5.69 Å². The van der Waals surface area contributed by atoms with Crippen LogP contribution in [0.25, 0.3) is 10.8 Å². The fourth-order valence-electron chi connectivity index (χ4n) is 2.40. The van der Waals surface area contributed by atoms with Crippen molar-refractivity contribution in [3.8, 4) is 0 Å². The third kappa shape index (κ3) is 2.87. The third-order valence-corrected chi connectivity index (χ3v) is 3.53. The first kappa shape index (κ1) is 13.2. The van der Waals surface area contributed by atoms with Crippen LogP contribution in [0.1, 0.15) is 15.9 Å². The summed E-state index contributed by atoms with van der Waals surface area (Å²) in [6.45, 7) is 0.733. The Morgan fingerprint density at radius 3 is 2.38 bits per heavy atom. The average molecular weight is 276 g/mol. The number of benzene rings is 3. The summed E-state index contributed by atoms with van der Waals surface area (Å²) in [4.78, 5) is 11.0. The number of nitrogens with two attached hydrogens (primary N) is 1. The summed E-state index contributed by atoms with van der Waals surface area (Å²) in [6.07, 6.45) is 0. The van der Waals surface area contributed by atoms with E-state index in [-0.39, 0.29) is 0 Å². The van der Waals surface area contributed by atoms with Gasteiger partial charge in [0.05, 0.1) is 0 Å². The second kappa shape index (κ2) is 5.67. The van der Waals surface area contributed by atoms with Crippen molar-refractivity contribution in [1.29, 1.82) is 0 Å². The van der Waals surface area contributed by atoms with Crippen LogP contribution in [-0.4, -0.2) is 5.91 Å². The van der Waals surface area contributed by atoms with Crippen molar-refractivity contribution in [3.63, 3.8) is 0 Å². The molecule has 1 amide bonds. The Morgan fingerprint density at radius 2 is 1.62 bits per heavy atom. The van der Waals surface area contributed by atoms with E-state index < -0.39 is 5.91 Å². The number of nitrogens with one attached hydrogen (secondary N) is 1. The van der Waals surface area contributed by atoms with Gasteiger partial charge in [-0.3, -0.25) is 4.79 Å². The summed E-state index contributed by atoms with van der Waals surface area (Å²) < 4.78 is 0. The lowest BCUT2D eigenvalue weighted by atomic mass is 10.0. The summed E-state index contributed by atoms with van der Waals surface area (Å²) in [7, 11) is 0. The third-order valence-electron chi connectivity index (χ3n) is 3.53. The van der Waals surface area contributed by atoms with Crippen LogP contribution < -0.4 is 11.1 Å². The number of rotatable bonds is 4. The number of carbonyl (C=O) groups is 1. The lowest BCUT2D eigenvalue weighted by Crippen LogP contribution is -2.10. The standard InChI is InChI=1S/C18H16N2O/c19-18(21)14-8-10-16(11-9-14)20-12-15-6-3-5-13-4-1-2-7-17(13)15/h1-11,20H,12H2,(H2,19,21). The first-order valence-electron chi connectivity index (χ1n) is 6.84. The molecule has 3 heteroatoms. The molecular weight excluding hydrogens is 260 g/mol. The van der Waals surface area contributed by atoms with Gasteiger partial charge in [-0.25, -0.2) is 0 Å². The molecule has 21 heavy (non-hydrogen) atoms. The molecule has 0 atom stereocenters. The number of carbonyl (C=O) groups excluding carboxylic acids is 1. The Labute approximate surface area is 123 Å². The van der Waals surface area contributed by atoms with Crippen molar-refractivity contribution < 1.29 is 4.79 Å². The highest BCUT2D eigenvalue weighted by molar-refractivity contribution is 5.93. The predicted molar refractivity (Wildman–Crippen MR) is 86.2 cm³/mol. The summed E-state index contributed by atoms with van der Waals surface area (Å²) >= 11 is 0. The maximum absolute atomic E-state index is 11.0. The zero-order valence-electron chi connectivity index (χ0n) is 11.5. The molecule has 0 aromatic heterocycles. The highest BCUT2D eigenvalue weighted by Crippen LogP contribution is 2.20. The van der Waals surface area contributed by atoms with Crippen molar-refractivity contribution >= 4 is 22.4 Å². The lowest BCUT2D eigenvalue weighted by Gasteiger charge is -2.09. The van der Waals surface area contributed by atoms with Crippen LogP contribution in [0.3, 0.4) is 0 Å². The van der Waals surface area contributed by atoms with Crippen molar-refractivity contribution in [2.24, 2.45) is 5.73 Å². The minimum Gasteiger partial charge on any atom is -0.381 e. The van der Waals surface area contributed by atoms with Gasteiger partial charge in [0.25, 0.3) is 0 Å². The predicted octanol–water partition coefficient (Wildman–Crippen LogP) is 3.55. The molecule has 0 saturated heterocycles. The fourth-order valence-corrected chi connectivity index (χ4v) is 2.40. The second-order valence-corrected chi connectivity index (χ2v) is 4.93. The van der Waals surface area contributed by atoms with E-state index in [4.69, 9.17) is 5.73 Å². The van der Waals surface area contributed by atoms with Crippen molar-refractivity contribution in [2.75, 3.05) is 5.32 Å². The molecule has 0 aliphatic rings. The average Bonchev–Trinajstić information content (AvgIpc) is 2.53. The zero-order chi connectivity index (χ0) is 14.7. The number of fused-ring (bicyclic) bond motifs is 1. The molecular formula is C18H16N2O. The Kier molecular flexibility index (Phi) is 3.56. The molecule has 3 aromatic carbocycles. The van der Waals surface area contributed by atoms with Crippen LogP contribution in [-0.2, 0) is 6.54 Å². The molecule has 0 bridgehead atoms. The molecule has 3 aromatic rings. The maximum atomic E-state index is 11.0. The zero-order valence-corrected chi connectivity index (χ0v) is 11.5. The Balaban J connectivity index is 1.79. The van der Waals surface area contributed by atoms with Crippen LogP contribution in [0.2, 0.25) is 0 Å². The molecule has 3 N–H and O–H groups in total. The number of hydrogen-bond donors (Lipinski definition) is 2.